The molecule has 2 rings (SSSR count). The minimum Gasteiger partial charge on any atom is -0.337 e. The summed E-state index contributed by atoms with van der Waals surface area (Å²) in [6, 6.07) is 5.92. The van der Waals surface area contributed by atoms with Crippen molar-refractivity contribution in [3.63, 3.8) is 0 Å². The highest BCUT2D eigenvalue weighted by molar-refractivity contribution is 6.42. The first-order chi connectivity index (χ1) is 9.18. The van der Waals surface area contributed by atoms with Gasteiger partial charge in [0.15, 0.2) is 0 Å². The van der Waals surface area contributed by atoms with E-state index in [1.807, 2.05) is 24.7 Å². The van der Waals surface area contributed by atoms with Gasteiger partial charge < -0.3 is 9.88 Å². The standard InChI is InChI=1S/C14H17Cl2N3/c1-11(12-4-2-5-13(15)14(12)16)18-6-3-8-19-9-7-17-10-19/h2,4-5,7,9-11,18H,3,6,8H2,1H3. The van der Waals surface area contributed by atoms with Crippen LogP contribution in [0.3, 0.4) is 0 Å². The summed E-state index contributed by atoms with van der Waals surface area (Å²) in [6.45, 7) is 3.97. The topological polar surface area (TPSA) is 29.9 Å². The van der Waals surface area contributed by atoms with Crippen molar-refractivity contribution >= 4 is 23.2 Å². The molecule has 0 radical (unpaired) electrons. The Morgan fingerprint density at radius 3 is 2.95 bits per heavy atom. The van der Waals surface area contributed by atoms with Crippen LogP contribution in [0.15, 0.2) is 36.9 Å². The summed E-state index contributed by atoms with van der Waals surface area (Å²) in [7, 11) is 0. The quantitative estimate of drug-likeness (QED) is 0.819. The van der Waals surface area contributed by atoms with Crippen molar-refractivity contribution in [1.29, 1.82) is 0 Å². The van der Waals surface area contributed by atoms with Crippen LogP contribution in [0, 0.1) is 0 Å². The summed E-state index contributed by atoms with van der Waals surface area (Å²) >= 11 is 12.2. The van der Waals surface area contributed by atoms with E-state index in [0.29, 0.717) is 10.0 Å². The van der Waals surface area contributed by atoms with Crippen LogP contribution in [0.25, 0.3) is 0 Å². The molecule has 1 heterocycles. The van der Waals surface area contributed by atoms with Gasteiger partial charge in [-0.25, -0.2) is 4.98 Å². The van der Waals surface area contributed by atoms with Crippen molar-refractivity contribution in [2.45, 2.75) is 25.9 Å². The zero-order valence-corrected chi connectivity index (χ0v) is 12.3. The van der Waals surface area contributed by atoms with Crippen LogP contribution in [0.2, 0.25) is 10.0 Å². The zero-order chi connectivity index (χ0) is 13.7. The molecule has 19 heavy (non-hydrogen) atoms. The number of aryl methyl sites for hydroxylation is 1. The zero-order valence-electron chi connectivity index (χ0n) is 10.8. The third-order valence-electron chi connectivity index (χ3n) is 3.05. The van der Waals surface area contributed by atoms with E-state index in [1.54, 1.807) is 12.3 Å². The summed E-state index contributed by atoms with van der Waals surface area (Å²) < 4.78 is 2.07. The van der Waals surface area contributed by atoms with Crippen molar-refractivity contribution in [3.8, 4) is 0 Å². The number of nitrogens with zero attached hydrogens (tertiary/aromatic N) is 2. The second-order valence-corrected chi connectivity index (χ2v) is 5.26. The Labute approximate surface area is 123 Å². The van der Waals surface area contributed by atoms with E-state index in [2.05, 4.69) is 21.8 Å². The number of halogens is 2. The Balaban J connectivity index is 1.81. The van der Waals surface area contributed by atoms with Gasteiger partial charge in [-0.05, 0) is 31.5 Å². The maximum Gasteiger partial charge on any atom is 0.0945 e. The summed E-state index contributed by atoms with van der Waals surface area (Å²) in [4.78, 5) is 4.02. The second-order valence-electron chi connectivity index (χ2n) is 4.47. The van der Waals surface area contributed by atoms with Crippen LogP contribution in [-0.2, 0) is 6.54 Å². The molecule has 1 aromatic carbocycles. The molecule has 3 nitrogen and oxygen atoms in total. The number of rotatable bonds is 6. The predicted octanol–water partition coefficient (Wildman–Crippen LogP) is 3.93. The summed E-state index contributed by atoms with van der Waals surface area (Å²) in [5.41, 5.74) is 1.04. The maximum atomic E-state index is 6.20. The fourth-order valence-electron chi connectivity index (χ4n) is 1.96. The molecule has 0 aliphatic rings. The lowest BCUT2D eigenvalue weighted by molar-refractivity contribution is 0.527. The molecule has 2 aromatic rings. The van der Waals surface area contributed by atoms with Gasteiger partial charge in [-0.15, -0.1) is 0 Å². The van der Waals surface area contributed by atoms with Gasteiger partial charge in [0.1, 0.15) is 0 Å². The molecule has 102 valence electrons. The molecule has 0 aliphatic carbocycles. The Kier molecular flexibility index (Phi) is 5.25. The highest BCUT2D eigenvalue weighted by Gasteiger charge is 2.10. The molecule has 1 N–H and O–H groups in total. The average Bonchev–Trinajstić information content (AvgIpc) is 2.91. The van der Waals surface area contributed by atoms with Gasteiger partial charge in [0, 0.05) is 25.0 Å². The van der Waals surface area contributed by atoms with E-state index >= 15 is 0 Å². The van der Waals surface area contributed by atoms with Gasteiger partial charge in [0.25, 0.3) is 0 Å². The fourth-order valence-corrected chi connectivity index (χ4v) is 2.44. The molecule has 0 amide bonds. The highest BCUT2D eigenvalue weighted by Crippen LogP contribution is 2.29. The monoisotopic (exact) mass is 297 g/mol. The minimum absolute atomic E-state index is 0.189. The van der Waals surface area contributed by atoms with E-state index in [9.17, 15) is 0 Å². The van der Waals surface area contributed by atoms with E-state index in [0.717, 1.165) is 25.1 Å². The van der Waals surface area contributed by atoms with Gasteiger partial charge in [-0.2, -0.15) is 0 Å². The van der Waals surface area contributed by atoms with Crippen LogP contribution in [0.5, 0.6) is 0 Å². The molecule has 0 aliphatic heterocycles. The smallest absolute Gasteiger partial charge is 0.0945 e. The van der Waals surface area contributed by atoms with Gasteiger partial charge in [0.05, 0.1) is 16.4 Å². The van der Waals surface area contributed by atoms with Gasteiger partial charge in [-0.1, -0.05) is 35.3 Å². The highest BCUT2D eigenvalue weighted by atomic mass is 35.5. The number of benzene rings is 1. The number of hydrogen-bond acceptors (Lipinski definition) is 2. The third-order valence-corrected chi connectivity index (χ3v) is 3.88. The number of imidazole rings is 1. The van der Waals surface area contributed by atoms with Crippen LogP contribution in [0.4, 0.5) is 0 Å². The van der Waals surface area contributed by atoms with Gasteiger partial charge >= 0.3 is 0 Å². The maximum absolute atomic E-state index is 6.20. The van der Waals surface area contributed by atoms with Crippen molar-refractivity contribution in [3.05, 3.63) is 52.5 Å². The van der Waals surface area contributed by atoms with E-state index in [4.69, 9.17) is 23.2 Å². The minimum atomic E-state index is 0.189. The number of aromatic nitrogens is 2. The molecular weight excluding hydrogens is 281 g/mol. The first kappa shape index (κ1) is 14.4. The first-order valence-corrected chi connectivity index (χ1v) is 7.07. The number of hydrogen-bond donors (Lipinski definition) is 1. The third kappa shape index (κ3) is 3.96. The first-order valence-electron chi connectivity index (χ1n) is 6.31. The van der Waals surface area contributed by atoms with Crippen molar-refractivity contribution in [1.82, 2.24) is 14.9 Å². The van der Waals surface area contributed by atoms with Crippen LogP contribution in [-0.4, -0.2) is 16.1 Å². The molecule has 0 fully saturated rings. The van der Waals surface area contributed by atoms with E-state index < -0.39 is 0 Å². The molecule has 1 aromatic heterocycles. The molecule has 1 unspecified atom stereocenters. The van der Waals surface area contributed by atoms with E-state index in [-0.39, 0.29) is 6.04 Å². The molecule has 0 saturated heterocycles. The van der Waals surface area contributed by atoms with Crippen LogP contribution < -0.4 is 5.32 Å². The summed E-state index contributed by atoms with van der Waals surface area (Å²) in [6.07, 6.45) is 6.63. The Morgan fingerprint density at radius 1 is 1.37 bits per heavy atom. The Hall–Kier alpha value is -1.03. The SMILES string of the molecule is CC(NCCCn1ccnc1)c1cccc(Cl)c1Cl. The Morgan fingerprint density at radius 2 is 2.21 bits per heavy atom. The largest absolute Gasteiger partial charge is 0.337 e. The molecule has 1 atom stereocenters. The predicted molar refractivity (Wildman–Crippen MR) is 79.7 cm³/mol. The lowest BCUT2D eigenvalue weighted by atomic mass is 10.1. The second kappa shape index (κ2) is 6.94. The van der Waals surface area contributed by atoms with Crippen LogP contribution in [0.1, 0.15) is 24.9 Å². The van der Waals surface area contributed by atoms with Crippen molar-refractivity contribution < 1.29 is 0 Å². The average molecular weight is 298 g/mol. The van der Waals surface area contributed by atoms with Crippen molar-refractivity contribution in [2.75, 3.05) is 6.54 Å². The van der Waals surface area contributed by atoms with Gasteiger partial charge in [0.2, 0.25) is 0 Å². The van der Waals surface area contributed by atoms with E-state index in [1.165, 1.54) is 0 Å². The molecule has 0 spiro atoms. The fraction of sp³-hybridized carbons (Fsp3) is 0.357. The molecule has 5 heteroatoms. The molecule has 0 bridgehead atoms. The van der Waals surface area contributed by atoms with Crippen LogP contribution >= 0.6 is 23.2 Å². The van der Waals surface area contributed by atoms with Gasteiger partial charge in [-0.3, -0.25) is 0 Å². The molecule has 0 saturated carbocycles. The number of nitrogens with one attached hydrogen (secondary N) is 1. The van der Waals surface area contributed by atoms with Crippen molar-refractivity contribution in [2.24, 2.45) is 0 Å². The Bertz CT molecular complexity index is 511. The lowest BCUT2D eigenvalue weighted by Crippen LogP contribution is -2.21. The molecular formula is C14H17Cl2N3. The normalized spacial score (nSPS) is 12.6. The summed E-state index contributed by atoms with van der Waals surface area (Å²) in [5.74, 6) is 0. The summed E-state index contributed by atoms with van der Waals surface area (Å²) in [5, 5.41) is 4.69. The lowest BCUT2D eigenvalue weighted by Gasteiger charge is -2.16.